The van der Waals surface area contributed by atoms with E-state index in [-0.39, 0.29) is 5.75 Å². The number of benzene rings is 2. The summed E-state index contributed by atoms with van der Waals surface area (Å²) in [5.74, 6) is -1.82. The second-order valence-corrected chi connectivity index (χ2v) is 6.20. The van der Waals surface area contributed by atoms with Crippen molar-refractivity contribution in [3.05, 3.63) is 48.0 Å². The lowest BCUT2D eigenvalue weighted by Gasteiger charge is -2.17. The van der Waals surface area contributed by atoms with Gasteiger partial charge >= 0.3 is 5.97 Å². The average Bonchev–Trinajstić information content (AvgIpc) is 2.76. The monoisotopic (exact) mass is 373 g/mol. The highest BCUT2D eigenvalue weighted by molar-refractivity contribution is 7.89. The molecule has 0 saturated heterocycles. The van der Waals surface area contributed by atoms with Gasteiger partial charge in [-0.1, -0.05) is 31.4 Å². The van der Waals surface area contributed by atoms with Crippen molar-refractivity contribution < 1.29 is 34.1 Å². The molecule has 2 rings (SSSR count). The minimum atomic E-state index is -4.92. The van der Waals surface area contributed by atoms with Gasteiger partial charge in [-0.05, 0) is 30.7 Å². The maximum atomic E-state index is 12.7. The van der Waals surface area contributed by atoms with Crippen molar-refractivity contribution in [2.45, 2.75) is 24.5 Å². The van der Waals surface area contributed by atoms with E-state index in [9.17, 15) is 13.2 Å². The van der Waals surface area contributed by atoms with E-state index in [1.54, 1.807) is 18.2 Å². The Balaban J connectivity index is 2.71. The third-order valence-corrected chi connectivity index (χ3v) is 3.89. The van der Waals surface area contributed by atoms with Gasteiger partial charge in [-0.3, -0.25) is 0 Å². The summed E-state index contributed by atoms with van der Waals surface area (Å²) >= 11 is 0. The Hall–Kier alpha value is -2.58. The third kappa shape index (κ3) is 4.94. The lowest BCUT2D eigenvalue weighted by molar-refractivity contribution is 0.0696. The predicted octanol–water partition coefficient (Wildman–Crippen LogP) is 3.04. The van der Waals surface area contributed by atoms with Gasteiger partial charge in [0, 0.05) is 13.4 Å². The molecule has 0 radical (unpaired) electrons. The van der Waals surface area contributed by atoms with E-state index in [0.29, 0.717) is 11.4 Å². The van der Waals surface area contributed by atoms with Crippen LogP contribution in [0, 0.1) is 0 Å². The fourth-order valence-corrected chi connectivity index (χ4v) is 2.61. The zero-order valence-corrected chi connectivity index (χ0v) is 13.6. The zero-order valence-electron chi connectivity index (χ0n) is 21.8. The molecule has 8 heteroatoms. The number of sulfonamides is 1. The van der Waals surface area contributed by atoms with Gasteiger partial charge in [0.05, 0.1) is 11.3 Å². The van der Waals surface area contributed by atoms with Gasteiger partial charge in [0.25, 0.3) is 1.43 Å². The first-order chi connectivity index (χ1) is 15.6. The number of carbonyl (C=O) groups is 1. The maximum Gasteiger partial charge on any atom is 0.335 e. The molecule has 4 N–H and O–H groups in total. The minimum Gasteiger partial charge on any atom is -0.478 e. The summed E-state index contributed by atoms with van der Waals surface area (Å²) in [5.41, 5.74) is -0.976. The molecule has 25 heavy (non-hydrogen) atoms. The van der Waals surface area contributed by atoms with Crippen molar-refractivity contribution in [1.82, 2.24) is 0 Å². The number of nitrogens with two attached hydrogens (primary N) is 1. The van der Waals surface area contributed by atoms with Crippen molar-refractivity contribution in [3.8, 4) is 11.5 Å². The van der Waals surface area contributed by atoms with Crippen molar-refractivity contribution >= 4 is 21.7 Å². The van der Waals surface area contributed by atoms with Crippen LogP contribution in [0.15, 0.2) is 47.4 Å². The first-order valence-corrected chi connectivity index (χ1v) is 8.44. The van der Waals surface area contributed by atoms with Crippen LogP contribution in [0.25, 0.3) is 1.43 Å². The quantitative estimate of drug-likeness (QED) is 0.621. The topological polar surface area (TPSA) is 119 Å². The fourth-order valence-electron chi connectivity index (χ4n) is 1.96. The summed E-state index contributed by atoms with van der Waals surface area (Å²) in [6, 6.07) is 9.27. The number of hydrogen-bond donors (Lipinski definition) is 3. The SMILES string of the molecule is [2H]OC(=O)c1cc(N([2H])CCC([2H])([2H])C([2H])([2H])[2H])c(Oc2ccccc2)c(S(=O)(=O)N([2H])[2H])c1. The maximum absolute atomic E-state index is 12.7. The van der Waals surface area contributed by atoms with Gasteiger partial charge < -0.3 is 15.2 Å². The molecule has 2 aromatic rings. The summed E-state index contributed by atoms with van der Waals surface area (Å²) in [4.78, 5) is 11.1. The van der Waals surface area contributed by atoms with Crippen LogP contribution >= 0.6 is 0 Å². The minimum absolute atomic E-state index is 0.0868. The van der Waals surface area contributed by atoms with Crippen LogP contribution < -0.4 is 15.2 Å². The van der Waals surface area contributed by atoms with E-state index < -0.39 is 69.2 Å². The van der Waals surface area contributed by atoms with E-state index >= 15 is 0 Å². The van der Waals surface area contributed by atoms with Gasteiger partial charge in [-0.15, -0.1) is 0 Å². The van der Waals surface area contributed by atoms with E-state index in [1.165, 1.54) is 12.1 Å². The predicted molar refractivity (Wildman–Crippen MR) is 94.7 cm³/mol. The van der Waals surface area contributed by atoms with Crippen molar-refractivity contribution in [2.24, 2.45) is 5.13 Å². The molecular formula is C17H20N2O5S. The molecule has 0 aliphatic carbocycles. The van der Waals surface area contributed by atoms with Crippen LogP contribution in [-0.2, 0) is 10.0 Å². The van der Waals surface area contributed by atoms with Crippen LogP contribution in [0.3, 0.4) is 0 Å². The largest absolute Gasteiger partial charge is 0.478 e. The molecule has 0 spiro atoms. The third-order valence-electron chi connectivity index (χ3n) is 3.03. The first-order valence-electron chi connectivity index (χ1n) is 11.2. The van der Waals surface area contributed by atoms with Crippen LogP contribution in [-0.4, -0.2) is 26.0 Å². The molecule has 0 aliphatic heterocycles. The van der Waals surface area contributed by atoms with Gasteiger partial charge in [0.2, 0.25) is 10.0 Å². The van der Waals surface area contributed by atoms with Gasteiger partial charge in [-0.25, -0.2) is 18.3 Å². The Labute approximate surface area is 159 Å². The highest BCUT2D eigenvalue weighted by Gasteiger charge is 2.23. The second-order valence-electron chi connectivity index (χ2n) is 4.81. The first kappa shape index (κ1) is 9.79. The summed E-state index contributed by atoms with van der Waals surface area (Å²) in [6.45, 7) is -3.58. The molecule has 0 heterocycles. The number of para-hydroxylation sites is 1. The Morgan fingerprint density at radius 2 is 2.28 bits per heavy atom. The summed E-state index contributed by atoms with van der Waals surface area (Å²) in [6.07, 6.45) is -3.38. The number of anilines is 1. The van der Waals surface area contributed by atoms with E-state index in [2.05, 4.69) is 5.11 Å². The number of hydrogen-bond acceptors (Lipinski definition) is 6. The molecule has 0 unspecified atom stereocenters. The van der Waals surface area contributed by atoms with Gasteiger partial charge in [-0.2, -0.15) is 0 Å². The number of rotatable bonds is 9. The molecule has 0 bridgehead atoms. The highest BCUT2D eigenvalue weighted by atomic mass is 32.2. The number of primary sulfonamides is 1. The molecule has 0 aromatic heterocycles. The van der Waals surface area contributed by atoms with Crippen LogP contribution in [0.1, 0.15) is 36.9 Å². The molecule has 0 atom stereocenters. The highest BCUT2D eigenvalue weighted by Crippen LogP contribution is 2.37. The standard InChI is InChI=1S/C17H20N2O5S/c1-2-3-9-19-14-10-12(17(20)21)11-15(25(18,22)23)16(14)24-13-7-5-4-6-8-13/h4-8,10-11,19H,2-3,9H2,1H3,(H,20,21)(H2,18,22,23)/i1D3,2D2/hD4. The lowest BCUT2D eigenvalue weighted by Crippen LogP contribution is -2.16. The normalized spacial score (nSPS) is 17.4. The Morgan fingerprint density at radius 1 is 1.48 bits per heavy atom. The van der Waals surface area contributed by atoms with E-state index in [0.717, 1.165) is 6.07 Å². The molecule has 134 valence electrons. The van der Waals surface area contributed by atoms with Crippen LogP contribution in [0.2, 0.25) is 4.24 Å². The van der Waals surface area contributed by atoms with E-state index in [4.69, 9.17) is 17.3 Å². The summed E-state index contributed by atoms with van der Waals surface area (Å²) < 4.78 is 98.0. The number of carboxylic acid groups (broad SMARTS) is 1. The average molecular weight is 373 g/mol. The van der Waals surface area contributed by atoms with Crippen molar-refractivity contribution in [2.75, 3.05) is 11.9 Å². The van der Waals surface area contributed by atoms with Crippen LogP contribution in [0.5, 0.6) is 11.5 Å². The number of aromatic carboxylic acids is 1. The van der Waals surface area contributed by atoms with E-state index in [1.807, 2.05) is 0 Å². The molecule has 0 saturated carbocycles. The van der Waals surface area contributed by atoms with Gasteiger partial charge in [0.1, 0.15) is 13.5 Å². The Morgan fingerprint density at radius 3 is 2.96 bits per heavy atom. The Bertz CT molecular complexity index is 1130. The molecule has 0 aliphatic rings. The summed E-state index contributed by atoms with van der Waals surface area (Å²) in [5, 5.41) is 3.75. The molecular weight excluding hydrogens is 344 g/mol. The van der Waals surface area contributed by atoms with Crippen LogP contribution in [0.4, 0.5) is 5.69 Å². The molecule has 0 fully saturated rings. The van der Waals surface area contributed by atoms with Crippen molar-refractivity contribution in [3.63, 3.8) is 0 Å². The lowest BCUT2D eigenvalue weighted by atomic mass is 10.1. The number of ether oxygens (including phenoxy) is 1. The number of carboxylic acids is 1. The molecule has 7 nitrogen and oxygen atoms in total. The molecule has 2 aromatic carbocycles. The summed E-state index contributed by atoms with van der Waals surface area (Å²) in [7, 11) is -4.92. The Kier molecular flexibility index (Phi) is 3.13. The zero-order chi connectivity index (χ0) is 25.9. The molecule has 0 amide bonds. The fraction of sp³-hybridized carbons (Fsp3) is 0.235. The smallest absolute Gasteiger partial charge is 0.335 e. The number of nitrogens with one attached hydrogen (secondary N) is 1. The van der Waals surface area contributed by atoms with Crippen molar-refractivity contribution in [1.29, 1.82) is 1.43 Å². The van der Waals surface area contributed by atoms with Gasteiger partial charge in [0.15, 0.2) is 7.16 Å². The second kappa shape index (κ2) is 8.00.